The Hall–Kier alpha value is -2.55. The minimum atomic E-state index is -0.463. The minimum Gasteiger partial charge on any atom is -0.449 e. The van der Waals surface area contributed by atoms with Gasteiger partial charge < -0.3 is 10.1 Å². The van der Waals surface area contributed by atoms with Gasteiger partial charge in [-0.3, -0.25) is 0 Å². The molecule has 5 heteroatoms. The van der Waals surface area contributed by atoms with Gasteiger partial charge in [0.2, 0.25) is 0 Å². The standard InChI is InChI=1S/C24H17Br2NO2/c25-17-11-12-23(26)16(14-17)6-5-13-27-24(28)29-15-22-20-9-3-1-7-18(20)19-8-2-4-10-21(19)22/h1-4,7-12,14,22H,13,15H2,(H,27,28). The zero-order chi connectivity index (χ0) is 20.2. The van der Waals surface area contributed by atoms with E-state index in [1.807, 2.05) is 42.5 Å². The molecule has 0 saturated heterocycles. The van der Waals surface area contributed by atoms with E-state index in [4.69, 9.17) is 4.74 Å². The number of rotatable bonds is 3. The molecule has 1 aliphatic rings. The Morgan fingerprint density at radius 1 is 0.966 bits per heavy atom. The van der Waals surface area contributed by atoms with Gasteiger partial charge in [-0.15, -0.1) is 0 Å². The van der Waals surface area contributed by atoms with Gasteiger partial charge in [0.15, 0.2) is 0 Å². The van der Waals surface area contributed by atoms with Crippen molar-refractivity contribution in [2.75, 3.05) is 13.2 Å². The molecule has 0 saturated carbocycles. The Bertz CT molecular complexity index is 1090. The first-order valence-corrected chi connectivity index (χ1v) is 10.7. The molecule has 144 valence electrons. The van der Waals surface area contributed by atoms with Crippen LogP contribution in [0.4, 0.5) is 4.79 Å². The number of nitrogens with one attached hydrogen (secondary N) is 1. The van der Waals surface area contributed by atoms with E-state index >= 15 is 0 Å². The average molecular weight is 511 g/mol. The zero-order valence-electron chi connectivity index (χ0n) is 15.4. The maximum absolute atomic E-state index is 12.1. The van der Waals surface area contributed by atoms with Crippen LogP contribution in [0.15, 0.2) is 75.7 Å². The molecule has 3 aromatic rings. The summed E-state index contributed by atoms with van der Waals surface area (Å²) in [6.07, 6.45) is -0.463. The van der Waals surface area contributed by atoms with Gasteiger partial charge in [-0.05, 0) is 56.4 Å². The smallest absolute Gasteiger partial charge is 0.407 e. The average Bonchev–Trinajstić information content (AvgIpc) is 3.06. The third kappa shape index (κ3) is 4.39. The van der Waals surface area contributed by atoms with Gasteiger partial charge >= 0.3 is 6.09 Å². The first-order chi connectivity index (χ1) is 14.1. The first kappa shape index (κ1) is 19.8. The van der Waals surface area contributed by atoms with Crippen LogP contribution in [0.25, 0.3) is 11.1 Å². The van der Waals surface area contributed by atoms with Crippen LogP contribution in [-0.2, 0) is 4.74 Å². The van der Waals surface area contributed by atoms with Crippen molar-refractivity contribution in [3.05, 3.63) is 92.4 Å². The van der Waals surface area contributed by atoms with Gasteiger partial charge in [-0.1, -0.05) is 76.3 Å². The van der Waals surface area contributed by atoms with Crippen LogP contribution in [-0.4, -0.2) is 19.2 Å². The molecule has 0 heterocycles. The highest BCUT2D eigenvalue weighted by Crippen LogP contribution is 2.44. The Labute approximate surface area is 186 Å². The van der Waals surface area contributed by atoms with E-state index in [-0.39, 0.29) is 12.5 Å². The van der Waals surface area contributed by atoms with Gasteiger partial charge in [0.05, 0.1) is 6.54 Å². The SMILES string of the molecule is O=C(NCC#Cc1cc(Br)ccc1Br)OCC1c2ccccc2-c2ccccc21. The number of amides is 1. The van der Waals surface area contributed by atoms with Gasteiger partial charge in [0, 0.05) is 20.4 Å². The predicted molar refractivity (Wildman–Crippen MR) is 122 cm³/mol. The summed E-state index contributed by atoms with van der Waals surface area (Å²) < 4.78 is 7.36. The molecular weight excluding hydrogens is 494 g/mol. The summed E-state index contributed by atoms with van der Waals surface area (Å²) in [5, 5.41) is 2.70. The Morgan fingerprint density at radius 3 is 2.31 bits per heavy atom. The Kier molecular flexibility index (Phi) is 6.03. The fraction of sp³-hybridized carbons (Fsp3) is 0.125. The van der Waals surface area contributed by atoms with Crippen LogP contribution >= 0.6 is 31.9 Å². The van der Waals surface area contributed by atoms with E-state index in [9.17, 15) is 4.79 Å². The monoisotopic (exact) mass is 509 g/mol. The molecule has 0 fully saturated rings. The highest BCUT2D eigenvalue weighted by molar-refractivity contribution is 9.11. The maximum atomic E-state index is 12.1. The van der Waals surface area contributed by atoms with E-state index in [1.165, 1.54) is 22.3 Å². The van der Waals surface area contributed by atoms with Crippen molar-refractivity contribution in [3.63, 3.8) is 0 Å². The molecule has 1 N–H and O–H groups in total. The second kappa shape index (κ2) is 8.86. The highest BCUT2D eigenvalue weighted by atomic mass is 79.9. The molecule has 0 spiro atoms. The molecule has 0 unspecified atom stereocenters. The van der Waals surface area contributed by atoms with Crippen LogP contribution in [0.3, 0.4) is 0 Å². The summed E-state index contributed by atoms with van der Waals surface area (Å²) in [7, 11) is 0. The Morgan fingerprint density at radius 2 is 1.62 bits per heavy atom. The number of hydrogen-bond donors (Lipinski definition) is 1. The maximum Gasteiger partial charge on any atom is 0.407 e. The van der Waals surface area contributed by atoms with E-state index in [1.54, 1.807) is 0 Å². The molecule has 0 aromatic heterocycles. The number of carbonyl (C=O) groups excluding carboxylic acids is 1. The molecule has 0 radical (unpaired) electrons. The number of alkyl carbamates (subject to hydrolysis) is 1. The van der Waals surface area contributed by atoms with Crippen molar-refractivity contribution in [1.29, 1.82) is 0 Å². The normalized spacial score (nSPS) is 11.8. The number of fused-ring (bicyclic) bond motifs is 3. The molecule has 0 aliphatic heterocycles. The topological polar surface area (TPSA) is 38.3 Å². The predicted octanol–water partition coefficient (Wildman–Crippen LogP) is 6.10. The summed E-state index contributed by atoms with van der Waals surface area (Å²) >= 11 is 6.89. The van der Waals surface area contributed by atoms with Crippen molar-refractivity contribution in [2.24, 2.45) is 0 Å². The van der Waals surface area contributed by atoms with Gasteiger partial charge in [0.25, 0.3) is 0 Å². The lowest BCUT2D eigenvalue weighted by Crippen LogP contribution is -2.26. The lowest BCUT2D eigenvalue weighted by atomic mass is 9.98. The highest BCUT2D eigenvalue weighted by Gasteiger charge is 2.28. The van der Waals surface area contributed by atoms with Crippen molar-refractivity contribution in [1.82, 2.24) is 5.32 Å². The van der Waals surface area contributed by atoms with E-state index < -0.39 is 6.09 Å². The third-order valence-electron chi connectivity index (χ3n) is 4.82. The number of carbonyl (C=O) groups is 1. The summed E-state index contributed by atoms with van der Waals surface area (Å²) in [5.41, 5.74) is 5.67. The number of benzene rings is 3. The second-order valence-corrected chi connectivity index (χ2v) is 8.38. The van der Waals surface area contributed by atoms with E-state index in [2.05, 4.69) is 73.3 Å². The Balaban J connectivity index is 1.36. The van der Waals surface area contributed by atoms with Gasteiger partial charge in [-0.2, -0.15) is 0 Å². The molecule has 29 heavy (non-hydrogen) atoms. The fourth-order valence-corrected chi connectivity index (χ4v) is 4.21. The van der Waals surface area contributed by atoms with Crippen LogP contribution in [0.2, 0.25) is 0 Å². The van der Waals surface area contributed by atoms with E-state index in [0.717, 1.165) is 14.5 Å². The summed E-state index contributed by atoms with van der Waals surface area (Å²) in [5.74, 6) is 6.03. The van der Waals surface area contributed by atoms with Gasteiger partial charge in [0.1, 0.15) is 6.61 Å². The van der Waals surface area contributed by atoms with Crippen molar-refractivity contribution >= 4 is 38.0 Å². The quantitative estimate of drug-likeness (QED) is 0.432. The van der Waals surface area contributed by atoms with Crippen LogP contribution < -0.4 is 5.32 Å². The molecule has 4 rings (SSSR count). The van der Waals surface area contributed by atoms with Crippen molar-refractivity contribution in [2.45, 2.75) is 5.92 Å². The van der Waals surface area contributed by atoms with Crippen molar-refractivity contribution < 1.29 is 9.53 Å². The zero-order valence-corrected chi connectivity index (χ0v) is 18.6. The largest absolute Gasteiger partial charge is 0.449 e. The molecule has 1 aliphatic carbocycles. The number of hydrogen-bond acceptors (Lipinski definition) is 2. The van der Waals surface area contributed by atoms with Crippen LogP contribution in [0.1, 0.15) is 22.6 Å². The molecule has 3 nitrogen and oxygen atoms in total. The molecular formula is C24H17Br2NO2. The third-order valence-corrected chi connectivity index (χ3v) is 6.00. The first-order valence-electron chi connectivity index (χ1n) is 9.16. The molecule has 0 bridgehead atoms. The number of halogens is 2. The summed E-state index contributed by atoms with van der Waals surface area (Å²) in [6.45, 7) is 0.514. The summed E-state index contributed by atoms with van der Waals surface area (Å²) in [6, 6.07) is 22.3. The molecule has 3 aromatic carbocycles. The summed E-state index contributed by atoms with van der Waals surface area (Å²) in [4.78, 5) is 12.1. The lowest BCUT2D eigenvalue weighted by Gasteiger charge is -2.14. The molecule has 1 amide bonds. The lowest BCUT2D eigenvalue weighted by molar-refractivity contribution is 0.144. The van der Waals surface area contributed by atoms with Crippen LogP contribution in [0.5, 0.6) is 0 Å². The van der Waals surface area contributed by atoms with Crippen molar-refractivity contribution in [3.8, 4) is 23.0 Å². The second-order valence-electron chi connectivity index (χ2n) is 6.61. The molecule has 0 atom stereocenters. The number of ether oxygens (including phenoxy) is 1. The van der Waals surface area contributed by atoms with Gasteiger partial charge in [-0.25, -0.2) is 4.79 Å². The minimum absolute atomic E-state index is 0.0526. The fourth-order valence-electron chi connectivity index (χ4n) is 3.50. The van der Waals surface area contributed by atoms with Crippen LogP contribution in [0, 0.1) is 11.8 Å². The van der Waals surface area contributed by atoms with E-state index in [0.29, 0.717) is 6.61 Å².